The van der Waals surface area contributed by atoms with Crippen molar-refractivity contribution >= 4 is 28.7 Å². The van der Waals surface area contributed by atoms with Crippen LogP contribution in [0.25, 0.3) is 0 Å². The Morgan fingerprint density at radius 1 is 0.966 bits per heavy atom. The van der Waals surface area contributed by atoms with Gasteiger partial charge in [0.1, 0.15) is 17.8 Å². The van der Waals surface area contributed by atoms with Gasteiger partial charge in [-0.1, -0.05) is 29.8 Å². The minimum Gasteiger partial charge on any atom is -0.393 e. The van der Waals surface area contributed by atoms with Crippen molar-refractivity contribution in [1.29, 1.82) is 0 Å². The maximum atomic E-state index is 14.1. The number of hydrogen-bond donors (Lipinski definition) is 2. The molecule has 3 aromatic rings. The number of para-hydroxylation sites is 1. The molecule has 1 fully saturated rings. The van der Waals surface area contributed by atoms with Gasteiger partial charge in [-0.25, -0.2) is 14.4 Å². The number of halogens is 1. The number of nitrogens with two attached hydrogens (primary N) is 1. The lowest BCUT2D eigenvalue weighted by atomic mass is 10.1. The van der Waals surface area contributed by atoms with Crippen molar-refractivity contribution in [3.05, 3.63) is 65.7 Å². The molecule has 1 aliphatic heterocycles. The lowest BCUT2D eigenvalue weighted by molar-refractivity contribution is 0.596. The van der Waals surface area contributed by atoms with Crippen LogP contribution in [0, 0.1) is 19.7 Å². The number of benzene rings is 2. The van der Waals surface area contributed by atoms with Gasteiger partial charge in [0.25, 0.3) is 0 Å². The highest BCUT2D eigenvalue weighted by Gasteiger charge is 2.23. The topological polar surface area (TPSA) is 70.3 Å². The monoisotopic (exact) mass is 392 g/mol. The molecule has 1 saturated heterocycles. The molecule has 0 radical (unpaired) electrons. The molecule has 0 saturated carbocycles. The fourth-order valence-electron chi connectivity index (χ4n) is 3.69. The van der Waals surface area contributed by atoms with Crippen molar-refractivity contribution in [2.24, 2.45) is 0 Å². The first-order valence-electron chi connectivity index (χ1n) is 9.72. The van der Waals surface area contributed by atoms with Crippen molar-refractivity contribution in [2.75, 3.05) is 47.0 Å². The van der Waals surface area contributed by atoms with Crippen LogP contribution in [0.5, 0.6) is 0 Å². The number of piperazine rings is 1. The van der Waals surface area contributed by atoms with Gasteiger partial charge in [-0.05, 0) is 37.6 Å². The Balaban J connectivity index is 1.50. The van der Waals surface area contributed by atoms with E-state index in [9.17, 15) is 4.39 Å². The maximum absolute atomic E-state index is 14.1. The Hall–Kier alpha value is -3.35. The molecule has 2 aromatic carbocycles. The summed E-state index contributed by atoms with van der Waals surface area (Å²) in [5.41, 5.74) is 10.9. The summed E-state index contributed by atoms with van der Waals surface area (Å²) in [5, 5.41) is 3.33. The van der Waals surface area contributed by atoms with Crippen LogP contribution in [0.1, 0.15) is 11.1 Å². The standard InChI is InChI=1S/C22H25FN6/c1-15-7-8-18(16(2)13-15)27-21-20(24)22(26-14-25-21)29-11-9-28(10-12-29)19-6-4-3-5-17(19)23/h3-8,13-14H,9-12,24H2,1-2H3,(H,25,26,27). The fourth-order valence-corrected chi connectivity index (χ4v) is 3.69. The van der Waals surface area contributed by atoms with Gasteiger partial charge < -0.3 is 20.9 Å². The zero-order valence-corrected chi connectivity index (χ0v) is 16.7. The summed E-state index contributed by atoms with van der Waals surface area (Å²) >= 11 is 0. The van der Waals surface area contributed by atoms with Crippen molar-refractivity contribution in [3.63, 3.8) is 0 Å². The second-order valence-electron chi connectivity index (χ2n) is 7.33. The molecule has 0 unspecified atom stereocenters. The number of hydrogen-bond acceptors (Lipinski definition) is 6. The highest BCUT2D eigenvalue weighted by molar-refractivity contribution is 5.79. The first kappa shape index (κ1) is 19.0. The predicted octanol–water partition coefficient (Wildman–Crippen LogP) is 3.88. The summed E-state index contributed by atoms with van der Waals surface area (Å²) in [6, 6.07) is 13.1. The van der Waals surface area contributed by atoms with Crippen molar-refractivity contribution in [1.82, 2.24) is 9.97 Å². The quantitative estimate of drug-likeness (QED) is 0.702. The molecule has 1 aromatic heterocycles. The van der Waals surface area contributed by atoms with Crippen LogP contribution < -0.4 is 20.9 Å². The van der Waals surface area contributed by atoms with Gasteiger partial charge in [0.2, 0.25) is 0 Å². The van der Waals surface area contributed by atoms with Crippen LogP contribution in [0.15, 0.2) is 48.8 Å². The van der Waals surface area contributed by atoms with E-state index in [0.717, 1.165) is 11.3 Å². The largest absolute Gasteiger partial charge is 0.393 e. The smallest absolute Gasteiger partial charge is 0.159 e. The van der Waals surface area contributed by atoms with Gasteiger partial charge in [0.05, 0.1) is 5.69 Å². The molecule has 0 aliphatic carbocycles. The summed E-state index contributed by atoms with van der Waals surface area (Å²) in [4.78, 5) is 12.9. The molecule has 1 aliphatic rings. The number of nitrogens with one attached hydrogen (secondary N) is 1. The normalized spacial score (nSPS) is 14.2. The molecule has 6 nitrogen and oxygen atoms in total. The Morgan fingerprint density at radius 2 is 1.69 bits per heavy atom. The van der Waals surface area contributed by atoms with Crippen LogP contribution in [-0.2, 0) is 0 Å². The number of anilines is 5. The van der Waals surface area contributed by atoms with Crippen LogP contribution in [0.2, 0.25) is 0 Å². The van der Waals surface area contributed by atoms with Crippen molar-refractivity contribution < 1.29 is 4.39 Å². The SMILES string of the molecule is Cc1ccc(Nc2ncnc(N3CCN(c4ccccc4F)CC3)c2N)c(C)c1. The zero-order valence-electron chi connectivity index (χ0n) is 16.7. The fraction of sp³-hybridized carbons (Fsp3) is 0.273. The van der Waals surface area contributed by atoms with Gasteiger partial charge in [0.15, 0.2) is 11.6 Å². The first-order chi connectivity index (χ1) is 14.0. The van der Waals surface area contributed by atoms with E-state index in [2.05, 4.69) is 51.1 Å². The Morgan fingerprint density at radius 3 is 2.41 bits per heavy atom. The molecular formula is C22H25FN6. The third-order valence-electron chi connectivity index (χ3n) is 5.27. The lowest BCUT2D eigenvalue weighted by Crippen LogP contribution is -2.47. The molecule has 0 atom stereocenters. The predicted molar refractivity (Wildman–Crippen MR) is 116 cm³/mol. The van der Waals surface area contributed by atoms with Gasteiger partial charge >= 0.3 is 0 Å². The van der Waals surface area contributed by atoms with Crippen LogP contribution >= 0.6 is 0 Å². The van der Waals surface area contributed by atoms with Crippen LogP contribution in [0.3, 0.4) is 0 Å². The molecule has 3 N–H and O–H groups in total. The van der Waals surface area contributed by atoms with Gasteiger partial charge in [-0.15, -0.1) is 0 Å². The summed E-state index contributed by atoms with van der Waals surface area (Å²) in [6.07, 6.45) is 1.53. The minimum absolute atomic E-state index is 0.192. The molecule has 0 spiro atoms. The summed E-state index contributed by atoms with van der Waals surface area (Å²) in [7, 11) is 0. The molecule has 7 heteroatoms. The van der Waals surface area contributed by atoms with E-state index in [4.69, 9.17) is 5.73 Å². The molecule has 0 amide bonds. The van der Waals surface area contributed by atoms with E-state index < -0.39 is 0 Å². The van der Waals surface area contributed by atoms with Crippen molar-refractivity contribution in [2.45, 2.75) is 13.8 Å². The van der Waals surface area contributed by atoms with E-state index >= 15 is 0 Å². The second-order valence-corrected chi connectivity index (χ2v) is 7.33. The Labute approximate surface area is 170 Å². The van der Waals surface area contributed by atoms with E-state index in [1.54, 1.807) is 6.07 Å². The number of nitrogens with zero attached hydrogens (tertiary/aromatic N) is 4. The molecular weight excluding hydrogens is 367 g/mol. The zero-order chi connectivity index (χ0) is 20.4. The summed E-state index contributed by atoms with van der Waals surface area (Å²) in [5.74, 6) is 1.11. The van der Waals surface area contributed by atoms with Crippen LogP contribution in [0.4, 0.5) is 33.1 Å². The number of aromatic nitrogens is 2. The maximum Gasteiger partial charge on any atom is 0.159 e. The van der Waals surface area contributed by atoms with Crippen LogP contribution in [-0.4, -0.2) is 36.1 Å². The Bertz CT molecular complexity index is 1010. The summed E-state index contributed by atoms with van der Waals surface area (Å²) in [6.45, 7) is 6.93. The Kier molecular flexibility index (Phi) is 5.20. The molecule has 0 bridgehead atoms. The lowest BCUT2D eigenvalue weighted by Gasteiger charge is -2.37. The number of nitrogen functional groups attached to an aromatic ring is 1. The highest BCUT2D eigenvalue weighted by Crippen LogP contribution is 2.31. The number of aryl methyl sites for hydroxylation is 2. The summed E-state index contributed by atoms with van der Waals surface area (Å²) < 4.78 is 14.1. The second kappa shape index (κ2) is 7.95. The first-order valence-corrected chi connectivity index (χ1v) is 9.72. The number of rotatable bonds is 4. The average Bonchev–Trinajstić information content (AvgIpc) is 2.72. The molecule has 29 heavy (non-hydrogen) atoms. The van der Waals surface area contributed by atoms with Gasteiger partial charge in [-0.3, -0.25) is 0 Å². The van der Waals surface area contributed by atoms with Crippen molar-refractivity contribution in [3.8, 4) is 0 Å². The van der Waals surface area contributed by atoms with Gasteiger partial charge in [0, 0.05) is 31.9 Å². The van der Waals surface area contributed by atoms with Gasteiger partial charge in [-0.2, -0.15) is 0 Å². The molecule has 150 valence electrons. The van der Waals surface area contributed by atoms with E-state index in [-0.39, 0.29) is 5.82 Å². The third kappa shape index (κ3) is 3.94. The third-order valence-corrected chi connectivity index (χ3v) is 5.27. The van der Waals surface area contributed by atoms with E-state index in [1.165, 1.54) is 18.0 Å². The highest BCUT2D eigenvalue weighted by atomic mass is 19.1. The van der Waals surface area contributed by atoms with E-state index in [0.29, 0.717) is 49.2 Å². The van der Waals surface area contributed by atoms with E-state index in [1.807, 2.05) is 18.2 Å². The molecule has 4 rings (SSSR count). The molecule has 2 heterocycles. The minimum atomic E-state index is -0.192. The average molecular weight is 392 g/mol.